The molecule has 0 aromatic heterocycles. The highest BCUT2D eigenvalue weighted by atomic mass is 16.5. The Balaban J connectivity index is 1.43. The Morgan fingerprint density at radius 1 is 1.06 bits per heavy atom. The second kappa shape index (κ2) is 9.12. The van der Waals surface area contributed by atoms with Crippen LogP contribution < -0.4 is 5.32 Å². The summed E-state index contributed by atoms with van der Waals surface area (Å²) in [4.78, 5) is 39.2. The fraction of sp³-hybridized carbons (Fsp3) is 0.444. The molecule has 4 rings (SSSR count). The van der Waals surface area contributed by atoms with Crippen LogP contribution in [0.1, 0.15) is 44.7 Å². The Bertz CT molecular complexity index is 1060. The number of carbonyl (C=O) groups excluding carboxylic acids is 2. The van der Waals surface area contributed by atoms with Gasteiger partial charge in [0.15, 0.2) is 0 Å². The molecule has 7 nitrogen and oxygen atoms in total. The van der Waals surface area contributed by atoms with Crippen LogP contribution in [0.4, 0.5) is 4.79 Å². The van der Waals surface area contributed by atoms with Gasteiger partial charge in [-0.2, -0.15) is 0 Å². The molecule has 2 atom stereocenters. The molecular formula is C27H32N2O5. The fourth-order valence-electron chi connectivity index (χ4n) is 5.19. The number of ether oxygens (including phenoxy) is 1. The zero-order chi connectivity index (χ0) is 24.6. The third-order valence-electron chi connectivity index (χ3n) is 7.10. The fourth-order valence-corrected chi connectivity index (χ4v) is 5.19. The number of aliphatic carboxylic acids is 1. The zero-order valence-electron chi connectivity index (χ0n) is 20.1. The van der Waals surface area contributed by atoms with Gasteiger partial charge in [0.1, 0.15) is 12.6 Å². The lowest BCUT2D eigenvalue weighted by molar-refractivity contribution is -0.144. The number of alkyl carbamates (subject to hydrolysis) is 1. The molecule has 1 saturated heterocycles. The Morgan fingerprint density at radius 3 is 2.12 bits per heavy atom. The van der Waals surface area contributed by atoms with E-state index in [1.807, 2.05) is 52.0 Å². The number of carbonyl (C=O) groups is 3. The highest BCUT2D eigenvalue weighted by Gasteiger charge is 2.47. The molecule has 1 fully saturated rings. The average molecular weight is 465 g/mol. The Morgan fingerprint density at radius 2 is 1.62 bits per heavy atom. The first-order valence-electron chi connectivity index (χ1n) is 11.7. The van der Waals surface area contributed by atoms with Crippen LogP contribution in [-0.2, 0) is 14.3 Å². The predicted molar refractivity (Wildman–Crippen MR) is 128 cm³/mol. The van der Waals surface area contributed by atoms with Crippen molar-refractivity contribution in [1.29, 1.82) is 0 Å². The van der Waals surface area contributed by atoms with Crippen molar-refractivity contribution in [1.82, 2.24) is 10.2 Å². The topological polar surface area (TPSA) is 95.9 Å². The third kappa shape index (κ3) is 4.39. The van der Waals surface area contributed by atoms with Gasteiger partial charge in [0.05, 0.1) is 5.92 Å². The van der Waals surface area contributed by atoms with Crippen LogP contribution in [0, 0.1) is 17.3 Å². The van der Waals surface area contributed by atoms with Crippen LogP contribution >= 0.6 is 0 Å². The van der Waals surface area contributed by atoms with Crippen molar-refractivity contribution in [2.45, 2.75) is 39.7 Å². The van der Waals surface area contributed by atoms with Crippen LogP contribution in [0.2, 0.25) is 0 Å². The third-order valence-corrected chi connectivity index (χ3v) is 7.10. The number of carboxylic acids is 1. The molecule has 2 N–H and O–H groups in total. The van der Waals surface area contributed by atoms with E-state index in [1.165, 1.54) is 0 Å². The summed E-state index contributed by atoms with van der Waals surface area (Å²) in [5, 5.41) is 12.3. The van der Waals surface area contributed by atoms with Crippen LogP contribution in [0.3, 0.4) is 0 Å². The number of hydrogen-bond acceptors (Lipinski definition) is 4. The number of hydrogen-bond donors (Lipinski definition) is 2. The van der Waals surface area contributed by atoms with Gasteiger partial charge in [-0.15, -0.1) is 0 Å². The van der Waals surface area contributed by atoms with Crippen molar-refractivity contribution >= 4 is 18.0 Å². The van der Waals surface area contributed by atoms with Crippen molar-refractivity contribution in [3.63, 3.8) is 0 Å². The molecule has 2 aliphatic rings. The summed E-state index contributed by atoms with van der Waals surface area (Å²) in [5.41, 5.74) is 3.99. The van der Waals surface area contributed by atoms with Crippen molar-refractivity contribution in [3.05, 3.63) is 59.7 Å². The lowest BCUT2D eigenvalue weighted by Gasteiger charge is -2.27. The number of fused-ring (bicyclic) bond motifs is 3. The summed E-state index contributed by atoms with van der Waals surface area (Å²) in [6.45, 7) is 8.03. The normalized spacial score (nSPS) is 19.4. The SMILES string of the molecule is CC(C)C(NC(=O)OCC1c2ccccc2-c2ccccc21)C(=O)N1CC(C(=O)O)C(C)(C)C1. The van der Waals surface area contributed by atoms with E-state index in [0.29, 0.717) is 6.54 Å². The average Bonchev–Trinajstić information content (AvgIpc) is 3.29. The number of amides is 2. The first kappa shape index (κ1) is 23.8. The number of nitrogens with one attached hydrogen (secondary N) is 1. The van der Waals surface area contributed by atoms with Gasteiger partial charge in [-0.1, -0.05) is 76.2 Å². The van der Waals surface area contributed by atoms with Gasteiger partial charge in [0.2, 0.25) is 5.91 Å². The molecular weight excluding hydrogens is 432 g/mol. The van der Waals surface area contributed by atoms with Crippen LogP contribution in [0.25, 0.3) is 11.1 Å². The largest absolute Gasteiger partial charge is 0.481 e. The van der Waals surface area contributed by atoms with Crippen molar-refractivity contribution in [2.24, 2.45) is 17.3 Å². The summed E-state index contributed by atoms with van der Waals surface area (Å²) < 4.78 is 5.62. The van der Waals surface area contributed by atoms with Gasteiger partial charge in [-0.3, -0.25) is 9.59 Å². The van der Waals surface area contributed by atoms with E-state index < -0.39 is 29.4 Å². The lowest BCUT2D eigenvalue weighted by Crippen LogP contribution is -2.51. The van der Waals surface area contributed by atoms with Gasteiger partial charge >= 0.3 is 12.1 Å². The molecule has 34 heavy (non-hydrogen) atoms. The molecule has 0 radical (unpaired) electrons. The molecule has 2 aromatic rings. The Kier molecular flexibility index (Phi) is 6.39. The van der Waals surface area contributed by atoms with E-state index in [2.05, 4.69) is 29.6 Å². The zero-order valence-corrected chi connectivity index (χ0v) is 20.1. The molecule has 2 amide bonds. The van der Waals surface area contributed by atoms with Gasteiger partial charge in [0, 0.05) is 19.0 Å². The molecule has 2 unspecified atom stereocenters. The maximum absolute atomic E-state index is 13.2. The van der Waals surface area contributed by atoms with E-state index in [4.69, 9.17) is 4.74 Å². The van der Waals surface area contributed by atoms with Crippen LogP contribution in [0.15, 0.2) is 48.5 Å². The minimum absolute atomic E-state index is 0.0675. The van der Waals surface area contributed by atoms with Crippen molar-refractivity contribution < 1.29 is 24.2 Å². The molecule has 7 heteroatoms. The first-order chi connectivity index (χ1) is 16.1. The Hall–Kier alpha value is -3.35. The first-order valence-corrected chi connectivity index (χ1v) is 11.7. The summed E-state index contributed by atoms with van der Waals surface area (Å²) in [6, 6.07) is 15.4. The summed E-state index contributed by atoms with van der Waals surface area (Å²) in [6.07, 6.45) is -0.651. The second-order valence-corrected chi connectivity index (χ2v) is 10.3. The summed E-state index contributed by atoms with van der Waals surface area (Å²) in [7, 11) is 0. The maximum Gasteiger partial charge on any atom is 0.407 e. The summed E-state index contributed by atoms with van der Waals surface area (Å²) >= 11 is 0. The molecule has 0 saturated carbocycles. The number of carboxylic acid groups (broad SMARTS) is 1. The number of likely N-dealkylation sites (tertiary alicyclic amines) is 1. The molecule has 1 heterocycles. The van der Waals surface area contributed by atoms with E-state index in [-0.39, 0.29) is 30.9 Å². The highest BCUT2D eigenvalue weighted by molar-refractivity contribution is 5.87. The van der Waals surface area contributed by atoms with Crippen LogP contribution in [0.5, 0.6) is 0 Å². The smallest absolute Gasteiger partial charge is 0.407 e. The molecule has 1 aliphatic heterocycles. The molecule has 1 aliphatic carbocycles. The van der Waals surface area contributed by atoms with Gasteiger partial charge in [-0.05, 0) is 33.6 Å². The molecule has 0 spiro atoms. The van der Waals surface area contributed by atoms with E-state index >= 15 is 0 Å². The standard InChI is InChI=1S/C27H32N2O5/c1-16(2)23(24(30)29-13-22(25(31)32)27(3,4)15-29)28-26(33)34-14-21-19-11-7-5-9-17(19)18-10-6-8-12-20(18)21/h5-12,16,21-23H,13-15H2,1-4H3,(H,28,33)(H,31,32). The monoisotopic (exact) mass is 464 g/mol. The Labute approximate surface area is 200 Å². The number of rotatable bonds is 6. The van der Waals surface area contributed by atoms with E-state index in [1.54, 1.807) is 4.90 Å². The highest BCUT2D eigenvalue weighted by Crippen LogP contribution is 2.44. The minimum Gasteiger partial charge on any atom is -0.481 e. The number of benzene rings is 2. The lowest BCUT2D eigenvalue weighted by atomic mass is 9.82. The molecule has 0 bridgehead atoms. The number of nitrogens with zero attached hydrogens (tertiary/aromatic N) is 1. The minimum atomic E-state index is -0.911. The summed E-state index contributed by atoms with van der Waals surface area (Å²) in [5.74, 6) is -2.08. The van der Waals surface area contributed by atoms with Crippen molar-refractivity contribution in [2.75, 3.05) is 19.7 Å². The van der Waals surface area contributed by atoms with Gasteiger partial charge in [-0.25, -0.2) is 4.79 Å². The van der Waals surface area contributed by atoms with E-state index in [9.17, 15) is 19.5 Å². The maximum atomic E-state index is 13.2. The van der Waals surface area contributed by atoms with E-state index in [0.717, 1.165) is 22.3 Å². The predicted octanol–water partition coefficient (Wildman–Crippen LogP) is 4.12. The molecule has 180 valence electrons. The van der Waals surface area contributed by atoms with Crippen molar-refractivity contribution in [3.8, 4) is 11.1 Å². The van der Waals surface area contributed by atoms with Gasteiger partial charge in [0.25, 0.3) is 0 Å². The quantitative estimate of drug-likeness (QED) is 0.671. The second-order valence-electron chi connectivity index (χ2n) is 10.3. The molecule has 2 aromatic carbocycles. The van der Waals surface area contributed by atoms with Crippen LogP contribution in [-0.4, -0.2) is 53.7 Å². The van der Waals surface area contributed by atoms with Gasteiger partial charge < -0.3 is 20.1 Å².